The topological polar surface area (TPSA) is 6.48 Å². The van der Waals surface area contributed by atoms with Gasteiger partial charge in [-0.05, 0) is 136 Å². The fourth-order valence-corrected chi connectivity index (χ4v) is 7.70. The van der Waals surface area contributed by atoms with Gasteiger partial charge in [0.05, 0.1) is 0 Å². The molecule has 2 fully saturated rings. The molecule has 0 aromatic heterocycles. The third-order valence-corrected chi connectivity index (χ3v) is 9.98. The van der Waals surface area contributed by atoms with Crippen molar-refractivity contribution in [3.63, 3.8) is 0 Å². The summed E-state index contributed by atoms with van der Waals surface area (Å²) in [6.07, 6.45) is 7.80. The van der Waals surface area contributed by atoms with Crippen LogP contribution in [0.3, 0.4) is 0 Å². The van der Waals surface area contributed by atoms with Gasteiger partial charge in [0, 0.05) is 37.6 Å². The summed E-state index contributed by atoms with van der Waals surface area (Å²) in [5.74, 6) is 0. The Labute approximate surface area is 255 Å². The SMILES string of the molecule is Cc1ccccc1-c1c2ccc(N3CCCCC3)cc2c(-c2ccc3ccccc3c2)c2ccc(N3CCCCC3)cc12. The molecule has 2 aliphatic rings. The second-order valence-corrected chi connectivity index (χ2v) is 12.7. The van der Waals surface area contributed by atoms with E-state index < -0.39 is 0 Å². The number of nitrogens with zero attached hydrogens (tertiary/aromatic N) is 2. The van der Waals surface area contributed by atoms with E-state index in [0.29, 0.717) is 0 Å². The van der Waals surface area contributed by atoms with Crippen LogP contribution in [0.25, 0.3) is 54.6 Å². The third-order valence-electron chi connectivity index (χ3n) is 9.98. The van der Waals surface area contributed by atoms with E-state index in [4.69, 9.17) is 0 Å². The maximum atomic E-state index is 2.60. The first-order valence-electron chi connectivity index (χ1n) is 16.3. The average molecular weight is 561 g/mol. The number of benzene rings is 6. The van der Waals surface area contributed by atoms with E-state index in [1.165, 1.54) is 110 Å². The lowest BCUT2D eigenvalue weighted by molar-refractivity contribution is 0.578. The van der Waals surface area contributed by atoms with Gasteiger partial charge in [0.25, 0.3) is 0 Å². The van der Waals surface area contributed by atoms with Crippen molar-refractivity contribution in [1.29, 1.82) is 0 Å². The van der Waals surface area contributed by atoms with Gasteiger partial charge in [-0.3, -0.25) is 0 Å². The van der Waals surface area contributed by atoms with Gasteiger partial charge >= 0.3 is 0 Å². The van der Waals surface area contributed by atoms with Crippen LogP contribution in [-0.4, -0.2) is 26.2 Å². The highest BCUT2D eigenvalue weighted by molar-refractivity contribution is 6.23. The molecule has 2 nitrogen and oxygen atoms in total. The van der Waals surface area contributed by atoms with Crippen LogP contribution < -0.4 is 9.80 Å². The molecule has 2 aliphatic heterocycles. The van der Waals surface area contributed by atoms with Gasteiger partial charge in [-0.25, -0.2) is 0 Å². The van der Waals surface area contributed by atoms with Crippen molar-refractivity contribution in [3.05, 3.63) is 109 Å². The van der Waals surface area contributed by atoms with Crippen molar-refractivity contribution >= 4 is 43.7 Å². The zero-order valence-corrected chi connectivity index (χ0v) is 25.3. The summed E-state index contributed by atoms with van der Waals surface area (Å²) in [6, 6.07) is 39.4. The molecule has 43 heavy (non-hydrogen) atoms. The molecule has 0 saturated carbocycles. The van der Waals surface area contributed by atoms with Crippen LogP contribution in [-0.2, 0) is 0 Å². The number of fused-ring (bicyclic) bond motifs is 3. The number of hydrogen-bond acceptors (Lipinski definition) is 2. The molecule has 0 N–H and O–H groups in total. The number of piperidine rings is 2. The lowest BCUT2D eigenvalue weighted by Gasteiger charge is -2.30. The fourth-order valence-electron chi connectivity index (χ4n) is 7.70. The molecule has 2 heterocycles. The fraction of sp³-hybridized carbons (Fsp3) is 0.268. The van der Waals surface area contributed by atoms with Crippen LogP contribution in [0.15, 0.2) is 103 Å². The first-order valence-corrected chi connectivity index (χ1v) is 16.3. The number of aryl methyl sites for hydroxylation is 1. The van der Waals surface area contributed by atoms with E-state index >= 15 is 0 Å². The molecule has 6 aromatic carbocycles. The Bertz CT molecular complexity index is 1960. The van der Waals surface area contributed by atoms with Crippen LogP contribution in [0, 0.1) is 6.92 Å². The van der Waals surface area contributed by atoms with E-state index in [0.717, 1.165) is 26.2 Å². The molecule has 0 bridgehead atoms. The zero-order valence-electron chi connectivity index (χ0n) is 25.3. The molecule has 2 heteroatoms. The molecule has 0 aliphatic carbocycles. The minimum atomic E-state index is 1.15. The van der Waals surface area contributed by atoms with Crippen LogP contribution in [0.4, 0.5) is 11.4 Å². The van der Waals surface area contributed by atoms with Crippen LogP contribution in [0.2, 0.25) is 0 Å². The van der Waals surface area contributed by atoms with E-state index in [1.54, 1.807) is 0 Å². The Morgan fingerprint density at radius 3 is 1.65 bits per heavy atom. The predicted octanol–water partition coefficient (Wildman–Crippen LogP) is 10.8. The summed E-state index contributed by atoms with van der Waals surface area (Å²) >= 11 is 0. The summed E-state index contributed by atoms with van der Waals surface area (Å²) in [5, 5.41) is 7.99. The lowest BCUT2D eigenvalue weighted by Crippen LogP contribution is -2.29. The van der Waals surface area contributed by atoms with Crippen molar-refractivity contribution in [2.24, 2.45) is 0 Å². The summed E-state index contributed by atoms with van der Waals surface area (Å²) < 4.78 is 0. The van der Waals surface area contributed by atoms with Gasteiger partial charge in [0.2, 0.25) is 0 Å². The van der Waals surface area contributed by atoms with E-state index in [1.807, 2.05) is 0 Å². The lowest BCUT2D eigenvalue weighted by atomic mass is 9.84. The van der Waals surface area contributed by atoms with Gasteiger partial charge in [-0.2, -0.15) is 0 Å². The zero-order chi connectivity index (χ0) is 28.8. The van der Waals surface area contributed by atoms with Crippen LogP contribution in [0.1, 0.15) is 44.1 Å². The molecule has 0 atom stereocenters. The summed E-state index contributed by atoms with van der Waals surface area (Å²) in [5.41, 5.74) is 9.40. The van der Waals surface area contributed by atoms with Crippen molar-refractivity contribution < 1.29 is 0 Å². The second kappa shape index (κ2) is 11.1. The largest absolute Gasteiger partial charge is 0.372 e. The molecular formula is C41H40N2. The standard InChI is InChI=1S/C41H40N2/c1-29-12-4-7-15-35(29)41-37-21-19-33(42-22-8-2-9-23-42)27-38(37)40(32-17-16-30-13-5-6-14-31(30)26-32)36-20-18-34(28-39(36)41)43-24-10-3-11-25-43/h4-7,12-21,26-28H,2-3,8-11,22-25H2,1H3. The molecule has 214 valence electrons. The number of rotatable bonds is 4. The molecule has 0 unspecified atom stereocenters. The molecule has 0 spiro atoms. The monoisotopic (exact) mass is 560 g/mol. The third kappa shape index (κ3) is 4.74. The minimum Gasteiger partial charge on any atom is -0.372 e. The smallest absolute Gasteiger partial charge is 0.0372 e. The van der Waals surface area contributed by atoms with Crippen molar-refractivity contribution in [2.75, 3.05) is 36.0 Å². The molecule has 8 rings (SSSR count). The number of hydrogen-bond donors (Lipinski definition) is 0. The molecule has 0 radical (unpaired) electrons. The normalized spacial score (nSPS) is 15.9. The van der Waals surface area contributed by atoms with E-state index in [2.05, 4.69) is 120 Å². The highest BCUT2D eigenvalue weighted by Gasteiger charge is 2.21. The van der Waals surface area contributed by atoms with E-state index in [9.17, 15) is 0 Å². The Morgan fingerprint density at radius 2 is 1.00 bits per heavy atom. The minimum absolute atomic E-state index is 1.15. The van der Waals surface area contributed by atoms with Crippen molar-refractivity contribution in [3.8, 4) is 22.3 Å². The average Bonchev–Trinajstić information content (AvgIpc) is 3.08. The van der Waals surface area contributed by atoms with Crippen LogP contribution >= 0.6 is 0 Å². The van der Waals surface area contributed by atoms with Crippen LogP contribution in [0.5, 0.6) is 0 Å². The first kappa shape index (κ1) is 26.3. The Kier molecular flexibility index (Phi) is 6.79. The molecule has 0 amide bonds. The number of anilines is 2. The Balaban J connectivity index is 1.47. The van der Waals surface area contributed by atoms with E-state index in [-0.39, 0.29) is 0 Å². The quantitative estimate of drug-likeness (QED) is 0.198. The van der Waals surface area contributed by atoms with Gasteiger partial charge in [0.15, 0.2) is 0 Å². The van der Waals surface area contributed by atoms with Gasteiger partial charge in [0.1, 0.15) is 0 Å². The first-order chi connectivity index (χ1) is 21.2. The molecule has 6 aromatic rings. The second-order valence-electron chi connectivity index (χ2n) is 12.7. The van der Waals surface area contributed by atoms with Gasteiger partial charge in [-0.15, -0.1) is 0 Å². The van der Waals surface area contributed by atoms with Gasteiger partial charge in [-0.1, -0.05) is 72.8 Å². The maximum absolute atomic E-state index is 2.60. The summed E-state index contributed by atoms with van der Waals surface area (Å²) in [6.45, 7) is 6.86. The van der Waals surface area contributed by atoms with Crippen molar-refractivity contribution in [1.82, 2.24) is 0 Å². The highest BCUT2D eigenvalue weighted by atomic mass is 15.1. The maximum Gasteiger partial charge on any atom is 0.0372 e. The summed E-state index contributed by atoms with van der Waals surface area (Å²) in [4.78, 5) is 5.20. The Morgan fingerprint density at radius 1 is 0.442 bits per heavy atom. The molecular weight excluding hydrogens is 520 g/mol. The summed E-state index contributed by atoms with van der Waals surface area (Å²) in [7, 11) is 0. The molecule has 2 saturated heterocycles. The van der Waals surface area contributed by atoms with Crippen molar-refractivity contribution in [2.45, 2.75) is 45.4 Å². The van der Waals surface area contributed by atoms with Gasteiger partial charge < -0.3 is 9.80 Å². The predicted molar refractivity (Wildman–Crippen MR) is 187 cm³/mol. The Hall–Kier alpha value is -4.30. The highest BCUT2D eigenvalue weighted by Crippen LogP contribution is 2.47.